The highest BCUT2D eigenvalue weighted by atomic mass is 31.2. The average molecular weight is 1240 g/mol. The molecule has 512 valence electrons. The van der Waals surface area contributed by atoms with Crippen LogP contribution in [0.5, 0.6) is 0 Å². The molecule has 1 N–H and O–H groups in total. The van der Waals surface area contributed by atoms with Crippen LogP contribution in [0.2, 0.25) is 0 Å². The zero-order valence-corrected chi connectivity index (χ0v) is 59.6. The summed E-state index contributed by atoms with van der Waals surface area (Å²) in [5.41, 5.74) is 0. The molecule has 0 aliphatic carbocycles. The van der Waals surface area contributed by atoms with Crippen molar-refractivity contribution in [3.05, 3.63) is 48.6 Å². The van der Waals surface area contributed by atoms with Crippen molar-refractivity contribution >= 4 is 19.7 Å². The molecule has 10 heteroatoms. The number of carbonyl (C=O) groups excluding carboxylic acids is 2. The molecular weight excluding hydrogens is 1100 g/mol. The molecule has 0 saturated heterocycles. The van der Waals surface area contributed by atoms with Crippen molar-refractivity contribution in [2.45, 2.75) is 392 Å². The van der Waals surface area contributed by atoms with E-state index in [0.29, 0.717) is 17.4 Å². The van der Waals surface area contributed by atoms with Crippen LogP contribution in [0.1, 0.15) is 380 Å². The van der Waals surface area contributed by atoms with Crippen molar-refractivity contribution in [3.8, 4) is 0 Å². The molecule has 0 aromatic rings. The van der Waals surface area contributed by atoms with Gasteiger partial charge in [-0.25, -0.2) is 0 Å². The molecule has 0 fully saturated rings. The number of nitrogens with one attached hydrogen (secondary N) is 1. The quantitative estimate of drug-likeness (QED) is 0.0212. The van der Waals surface area contributed by atoms with Crippen LogP contribution >= 0.6 is 7.82 Å². The Hall–Kier alpha value is -2.03. The average Bonchev–Trinajstić information content (AvgIpc) is 3.70. The predicted molar refractivity (Wildman–Crippen MR) is 376 cm³/mol. The highest BCUT2D eigenvalue weighted by molar-refractivity contribution is 7.45. The van der Waals surface area contributed by atoms with Crippen LogP contribution < -0.4 is 10.2 Å². The van der Waals surface area contributed by atoms with Gasteiger partial charge in [0.1, 0.15) is 19.3 Å². The smallest absolute Gasteiger partial charge is 0.306 e. The van der Waals surface area contributed by atoms with Gasteiger partial charge in [0.15, 0.2) is 0 Å². The lowest BCUT2D eigenvalue weighted by atomic mass is 10.0. The Balaban J connectivity index is 4.91. The number of esters is 1. The highest BCUT2D eigenvalue weighted by Crippen LogP contribution is 2.38. The van der Waals surface area contributed by atoms with E-state index in [-0.39, 0.29) is 31.5 Å². The summed E-state index contributed by atoms with van der Waals surface area (Å²) in [7, 11) is 1.20. The number of amides is 1. The van der Waals surface area contributed by atoms with E-state index in [1.807, 2.05) is 33.3 Å². The maximum atomic E-state index is 13.6. The van der Waals surface area contributed by atoms with Crippen LogP contribution in [-0.4, -0.2) is 69.4 Å². The Labute approximate surface area is 541 Å². The first-order valence-electron chi connectivity index (χ1n) is 37.9. The summed E-state index contributed by atoms with van der Waals surface area (Å²) in [6, 6.07) is -0.887. The van der Waals surface area contributed by atoms with Gasteiger partial charge in [-0.15, -0.1) is 0 Å². The normalized spacial score (nSPS) is 13.7. The van der Waals surface area contributed by atoms with Gasteiger partial charge in [-0.3, -0.25) is 14.2 Å². The summed E-state index contributed by atoms with van der Waals surface area (Å²) < 4.78 is 30.5. The van der Waals surface area contributed by atoms with E-state index in [2.05, 4.69) is 62.5 Å². The number of hydrogen-bond acceptors (Lipinski definition) is 7. The van der Waals surface area contributed by atoms with Crippen LogP contribution in [0.4, 0.5) is 0 Å². The van der Waals surface area contributed by atoms with Crippen LogP contribution in [0.15, 0.2) is 48.6 Å². The molecule has 0 radical (unpaired) electrons. The first-order valence-corrected chi connectivity index (χ1v) is 39.4. The minimum absolute atomic E-state index is 0.0201. The highest BCUT2D eigenvalue weighted by Gasteiger charge is 2.27. The maximum absolute atomic E-state index is 13.6. The summed E-state index contributed by atoms with van der Waals surface area (Å²) in [6.07, 6.45) is 85.4. The van der Waals surface area contributed by atoms with Crippen molar-refractivity contribution in [2.75, 3.05) is 40.9 Å². The van der Waals surface area contributed by atoms with Gasteiger partial charge in [-0.2, -0.15) is 0 Å². The Morgan fingerprint density at radius 1 is 0.402 bits per heavy atom. The first-order chi connectivity index (χ1) is 42.4. The minimum atomic E-state index is -4.70. The fraction of sp³-hybridized carbons (Fsp3) is 0.870. The van der Waals surface area contributed by atoms with Crippen molar-refractivity contribution in [3.63, 3.8) is 0 Å². The molecule has 0 aromatic carbocycles. The molecule has 0 aromatic heterocycles. The molecule has 0 rings (SSSR count). The summed E-state index contributed by atoms with van der Waals surface area (Å²) in [5.74, 6) is -0.522. The van der Waals surface area contributed by atoms with Crippen molar-refractivity contribution in [1.82, 2.24) is 5.32 Å². The van der Waals surface area contributed by atoms with Gasteiger partial charge in [0.2, 0.25) is 5.91 Å². The van der Waals surface area contributed by atoms with E-state index >= 15 is 0 Å². The van der Waals surface area contributed by atoms with Crippen molar-refractivity contribution in [1.29, 1.82) is 0 Å². The third-order valence-corrected chi connectivity index (χ3v) is 18.2. The second-order valence-electron chi connectivity index (χ2n) is 27.2. The van der Waals surface area contributed by atoms with E-state index in [0.717, 1.165) is 70.6 Å². The Morgan fingerprint density at radius 3 is 1.07 bits per heavy atom. The maximum Gasteiger partial charge on any atom is 0.306 e. The lowest BCUT2D eigenvalue weighted by molar-refractivity contribution is -0.870. The molecule has 9 nitrogen and oxygen atoms in total. The SMILES string of the molecule is CCCCC/C=C\C/C=C\C/C=C\CCCCCCCCCCCCCCCCC(=O)NC(COP(=O)([O-])OCC[N+](C)(C)C)C(/C=C/CCCCCCCCCCC)OC(=O)CCCCCCCCCCCCCCCCCCCCCCCCC. The number of ether oxygens (including phenoxy) is 1. The number of carbonyl (C=O) groups is 2. The second kappa shape index (κ2) is 66.9. The number of nitrogens with zero attached hydrogens (tertiary/aromatic N) is 1. The number of phosphoric ester groups is 1. The molecule has 1 amide bonds. The fourth-order valence-corrected chi connectivity index (χ4v) is 12.1. The number of rotatable bonds is 70. The molecule has 0 heterocycles. The lowest BCUT2D eigenvalue weighted by Gasteiger charge is -2.30. The number of likely N-dealkylation sites (N-methyl/N-ethyl adjacent to an activating group) is 1. The molecule has 0 aliphatic heterocycles. The molecule has 3 atom stereocenters. The second-order valence-corrected chi connectivity index (χ2v) is 28.6. The van der Waals surface area contributed by atoms with Gasteiger partial charge >= 0.3 is 5.97 Å². The zero-order chi connectivity index (χ0) is 63.5. The predicted octanol–water partition coefficient (Wildman–Crippen LogP) is 23.7. The largest absolute Gasteiger partial charge is 0.756 e. The van der Waals surface area contributed by atoms with E-state index in [4.69, 9.17) is 13.8 Å². The number of phosphoric acid groups is 1. The first kappa shape index (κ1) is 85.0. The van der Waals surface area contributed by atoms with Gasteiger partial charge in [-0.1, -0.05) is 346 Å². The molecule has 0 spiro atoms. The van der Waals surface area contributed by atoms with E-state index in [1.54, 1.807) is 0 Å². The Kier molecular flexibility index (Phi) is 65.3. The van der Waals surface area contributed by atoms with E-state index in [1.165, 1.54) is 276 Å². The fourth-order valence-electron chi connectivity index (χ4n) is 11.4. The third kappa shape index (κ3) is 68.2. The molecular formula is C77H147N2O7P. The summed E-state index contributed by atoms with van der Waals surface area (Å²) >= 11 is 0. The van der Waals surface area contributed by atoms with Crippen LogP contribution in [0, 0.1) is 0 Å². The summed E-state index contributed by atoms with van der Waals surface area (Å²) in [5, 5.41) is 3.05. The van der Waals surface area contributed by atoms with Gasteiger partial charge in [-0.05, 0) is 70.3 Å². The van der Waals surface area contributed by atoms with Gasteiger partial charge in [0, 0.05) is 12.8 Å². The number of unbranched alkanes of at least 4 members (excludes halogenated alkanes) is 48. The van der Waals surface area contributed by atoms with Crippen LogP contribution in [0.3, 0.4) is 0 Å². The monoisotopic (exact) mass is 1240 g/mol. The number of quaternary nitrogens is 1. The van der Waals surface area contributed by atoms with Crippen LogP contribution in [0.25, 0.3) is 0 Å². The lowest BCUT2D eigenvalue weighted by Crippen LogP contribution is -2.47. The third-order valence-electron chi connectivity index (χ3n) is 17.3. The zero-order valence-electron chi connectivity index (χ0n) is 58.7. The number of allylic oxidation sites excluding steroid dienone is 7. The van der Waals surface area contributed by atoms with Gasteiger partial charge < -0.3 is 28.5 Å². The minimum Gasteiger partial charge on any atom is -0.756 e. The molecule has 0 saturated carbocycles. The summed E-state index contributed by atoms with van der Waals surface area (Å²) in [6.45, 7) is 6.88. The van der Waals surface area contributed by atoms with Crippen molar-refractivity contribution < 1.29 is 37.3 Å². The standard InChI is InChI=1S/C77H147N2O7P/c1-7-10-13-16-19-22-25-27-29-31-33-35-37-38-39-40-42-43-45-47-49-51-54-57-60-63-66-69-76(80)78-74(73-85-87(82,83)84-72-71-79(4,5)6)75(68-65-62-59-56-53-24-21-18-15-12-9-3)86-77(81)70-67-64-61-58-55-52-50-48-46-44-41-36-34-32-30-28-26-23-20-17-14-11-8-2/h19,22,27,29,33,35,65,68,74-75H,7-18,20-21,23-26,28,30-32,34,36-64,66-67,69-73H2,1-6H3,(H-,78,80,82,83)/b22-19-,29-27-,35-33-,68-65+. The topological polar surface area (TPSA) is 114 Å². The molecule has 3 unspecified atom stereocenters. The van der Waals surface area contributed by atoms with Gasteiger partial charge in [0.05, 0.1) is 33.8 Å². The summed E-state index contributed by atoms with van der Waals surface area (Å²) in [4.78, 5) is 40.2. The molecule has 0 bridgehead atoms. The molecule has 87 heavy (non-hydrogen) atoms. The van der Waals surface area contributed by atoms with E-state index < -0.39 is 20.0 Å². The number of hydrogen-bond donors (Lipinski definition) is 1. The van der Waals surface area contributed by atoms with Crippen molar-refractivity contribution in [2.24, 2.45) is 0 Å². The van der Waals surface area contributed by atoms with E-state index in [9.17, 15) is 19.0 Å². The Bertz CT molecular complexity index is 1620. The van der Waals surface area contributed by atoms with Crippen LogP contribution in [-0.2, 0) is 27.9 Å². The Morgan fingerprint density at radius 2 is 0.701 bits per heavy atom. The van der Waals surface area contributed by atoms with Gasteiger partial charge in [0.25, 0.3) is 7.82 Å². The molecule has 0 aliphatic rings.